The molecule has 108 valence electrons. The maximum absolute atomic E-state index is 11.9. The minimum Gasteiger partial charge on any atom is -0.462 e. The maximum atomic E-state index is 11.9. The number of benzene rings is 1. The summed E-state index contributed by atoms with van der Waals surface area (Å²) in [6.07, 6.45) is 7.18. The molecule has 20 heavy (non-hydrogen) atoms. The lowest BCUT2D eigenvalue weighted by atomic mass is 10.1. The molecule has 2 rings (SSSR count). The average Bonchev–Trinajstić information content (AvgIpc) is 2.74. The van der Waals surface area contributed by atoms with Crippen molar-refractivity contribution in [2.75, 3.05) is 0 Å². The van der Waals surface area contributed by atoms with E-state index in [0.717, 1.165) is 25.7 Å². The van der Waals surface area contributed by atoms with Crippen molar-refractivity contribution in [2.24, 2.45) is 0 Å². The zero-order chi connectivity index (χ0) is 14.2. The van der Waals surface area contributed by atoms with Crippen molar-refractivity contribution in [1.82, 2.24) is 0 Å². The van der Waals surface area contributed by atoms with Gasteiger partial charge in [-0.1, -0.05) is 43.2 Å². The quantitative estimate of drug-likeness (QED) is 0.464. The Labute approximate surface area is 120 Å². The topological polar surface area (TPSA) is 43.4 Å². The molecule has 3 nitrogen and oxygen atoms in total. The minimum atomic E-state index is -0.235. The lowest BCUT2D eigenvalue weighted by molar-refractivity contribution is -0.149. The molecule has 0 amide bonds. The third-order valence-corrected chi connectivity index (χ3v) is 3.75. The van der Waals surface area contributed by atoms with E-state index in [1.54, 1.807) is 12.1 Å². The van der Waals surface area contributed by atoms with Gasteiger partial charge in [-0.15, -0.1) is 0 Å². The predicted octanol–water partition coefficient (Wildman–Crippen LogP) is 3.92. The number of ketones is 1. The first-order valence-corrected chi connectivity index (χ1v) is 7.53. The van der Waals surface area contributed by atoms with E-state index in [0.29, 0.717) is 5.56 Å². The first kappa shape index (κ1) is 14.8. The van der Waals surface area contributed by atoms with Crippen LogP contribution in [0, 0.1) is 0 Å². The van der Waals surface area contributed by atoms with Crippen LogP contribution in [0.1, 0.15) is 61.7 Å². The molecule has 1 aromatic rings. The van der Waals surface area contributed by atoms with Crippen molar-refractivity contribution in [2.45, 2.75) is 57.5 Å². The van der Waals surface area contributed by atoms with Crippen LogP contribution in [0.4, 0.5) is 0 Å². The Hall–Kier alpha value is -1.64. The summed E-state index contributed by atoms with van der Waals surface area (Å²) < 4.78 is 5.47. The van der Waals surface area contributed by atoms with Crippen molar-refractivity contribution >= 4 is 11.8 Å². The Morgan fingerprint density at radius 2 is 1.60 bits per heavy atom. The molecule has 1 aliphatic carbocycles. The summed E-state index contributed by atoms with van der Waals surface area (Å²) in [6.45, 7) is 0. The second-order valence-corrected chi connectivity index (χ2v) is 5.39. The maximum Gasteiger partial charge on any atom is 0.306 e. The number of hydrogen-bond acceptors (Lipinski definition) is 3. The van der Waals surface area contributed by atoms with Crippen molar-refractivity contribution in [3.63, 3.8) is 0 Å². The molecule has 0 radical (unpaired) electrons. The summed E-state index contributed by atoms with van der Waals surface area (Å²) in [7, 11) is 0. The van der Waals surface area contributed by atoms with Crippen LogP contribution >= 0.6 is 0 Å². The van der Waals surface area contributed by atoms with Crippen LogP contribution in [-0.4, -0.2) is 17.9 Å². The van der Waals surface area contributed by atoms with Gasteiger partial charge in [0.2, 0.25) is 0 Å². The van der Waals surface area contributed by atoms with Crippen LogP contribution in [0.3, 0.4) is 0 Å². The lowest BCUT2D eigenvalue weighted by Crippen LogP contribution is -2.18. The molecule has 1 aliphatic rings. The van der Waals surface area contributed by atoms with E-state index >= 15 is 0 Å². The zero-order valence-corrected chi connectivity index (χ0v) is 11.8. The molecule has 3 heteroatoms. The standard InChI is InChI=1S/C17H22O3/c18-16(14-8-4-3-5-9-14)12-13-17(19)20-15-10-6-1-2-7-11-15/h3-5,8-9,15H,1-2,6-7,10-13H2. The van der Waals surface area contributed by atoms with Crippen LogP contribution in [0.15, 0.2) is 30.3 Å². The van der Waals surface area contributed by atoms with E-state index in [-0.39, 0.29) is 30.7 Å². The fourth-order valence-corrected chi connectivity index (χ4v) is 2.59. The second kappa shape index (κ2) is 7.83. The second-order valence-electron chi connectivity index (χ2n) is 5.39. The number of rotatable bonds is 5. The Morgan fingerprint density at radius 1 is 0.950 bits per heavy atom. The van der Waals surface area contributed by atoms with Crippen LogP contribution in [0.25, 0.3) is 0 Å². The SMILES string of the molecule is O=C(CCC(=O)c1ccccc1)OC1CCCCCC1. The van der Waals surface area contributed by atoms with Crippen LogP contribution < -0.4 is 0 Å². The summed E-state index contributed by atoms with van der Waals surface area (Å²) in [6, 6.07) is 9.09. The molecule has 0 bridgehead atoms. The molecule has 0 saturated heterocycles. The Balaban J connectivity index is 1.73. The van der Waals surface area contributed by atoms with Gasteiger partial charge in [-0.05, 0) is 25.7 Å². The molecule has 0 unspecified atom stereocenters. The monoisotopic (exact) mass is 274 g/mol. The first-order chi connectivity index (χ1) is 9.75. The van der Waals surface area contributed by atoms with Gasteiger partial charge in [-0.25, -0.2) is 0 Å². The third-order valence-electron chi connectivity index (χ3n) is 3.75. The molecule has 1 fully saturated rings. The first-order valence-electron chi connectivity index (χ1n) is 7.53. The molecule has 0 atom stereocenters. The van der Waals surface area contributed by atoms with Crippen molar-refractivity contribution in [1.29, 1.82) is 0 Å². The predicted molar refractivity (Wildman–Crippen MR) is 77.6 cm³/mol. The fraction of sp³-hybridized carbons (Fsp3) is 0.529. The van der Waals surface area contributed by atoms with E-state index in [2.05, 4.69) is 0 Å². The molecular formula is C17H22O3. The van der Waals surface area contributed by atoms with Gasteiger partial charge in [0, 0.05) is 12.0 Å². The van der Waals surface area contributed by atoms with E-state index in [4.69, 9.17) is 4.74 Å². The van der Waals surface area contributed by atoms with Gasteiger partial charge < -0.3 is 4.74 Å². The number of hydrogen-bond donors (Lipinski definition) is 0. The van der Waals surface area contributed by atoms with Crippen LogP contribution in [0.5, 0.6) is 0 Å². The van der Waals surface area contributed by atoms with Crippen molar-refractivity contribution in [3.8, 4) is 0 Å². The molecule has 0 aromatic heterocycles. The Kier molecular flexibility index (Phi) is 5.78. The summed E-state index contributed by atoms with van der Waals surface area (Å²) in [5.41, 5.74) is 0.662. The Morgan fingerprint density at radius 3 is 2.25 bits per heavy atom. The van der Waals surface area contributed by atoms with Gasteiger partial charge >= 0.3 is 5.97 Å². The molecule has 0 N–H and O–H groups in total. The fourth-order valence-electron chi connectivity index (χ4n) is 2.59. The van der Waals surface area contributed by atoms with Gasteiger partial charge in [0.15, 0.2) is 5.78 Å². The van der Waals surface area contributed by atoms with E-state index in [1.807, 2.05) is 18.2 Å². The van der Waals surface area contributed by atoms with Crippen molar-refractivity contribution in [3.05, 3.63) is 35.9 Å². The summed E-state index contributed by atoms with van der Waals surface area (Å²) >= 11 is 0. The van der Waals surface area contributed by atoms with Crippen LogP contribution in [0.2, 0.25) is 0 Å². The number of esters is 1. The van der Waals surface area contributed by atoms with Gasteiger partial charge in [0.25, 0.3) is 0 Å². The highest BCUT2D eigenvalue weighted by molar-refractivity contribution is 5.97. The minimum absolute atomic E-state index is 0.00316. The highest BCUT2D eigenvalue weighted by Gasteiger charge is 2.17. The van der Waals surface area contributed by atoms with Gasteiger partial charge in [-0.2, -0.15) is 0 Å². The molecule has 0 spiro atoms. The summed E-state index contributed by atoms with van der Waals surface area (Å²) in [5, 5.41) is 0. The Bertz CT molecular complexity index is 431. The van der Waals surface area contributed by atoms with E-state index < -0.39 is 0 Å². The average molecular weight is 274 g/mol. The van der Waals surface area contributed by atoms with Gasteiger partial charge in [-0.3, -0.25) is 9.59 Å². The number of ether oxygens (including phenoxy) is 1. The van der Waals surface area contributed by atoms with E-state index in [1.165, 1.54) is 12.8 Å². The highest BCUT2D eigenvalue weighted by atomic mass is 16.5. The molecular weight excluding hydrogens is 252 g/mol. The number of Topliss-reactive ketones (excluding diaryl/α,β-unsaturated/α-hetero) is 1. The lowest BCUT2D eigenvalue weighted by Gasteiger charge is -2.15. The number of carbonyl (C=O) groups excluding carboxylic acids is 2. The van der Waals surface area contributed by atoms with Crippen LogP contribution in [-0.2, 0) is 9.53 Å². The molecule has 1 aromatic carbocycles. The normalized spacial score (nSPS) is 16.4. The number of carbonyl (C=O) groups is 2. The highest BCUT2D eigenvalue weighted by Crippen LogP contribution is 2.20. The van der Waals surface area contributed by atoms with Gasteiger partial charge in [0.05, 0.1) is 6.42 Å². The molecule has 0 heterocycles. The van der Waals surface area contributed by atoms with Gasteiger partial charge in [0.1, 0.15) is 6.10 Å². The van der Waals surface area contributed by atoms with Crippen molar-refractivity contribution < 1.29 is 14.3 Å². The van der Waals surface area contributed by atoms with E-state index in [9.17, 15) is 9.59 Å². The molecule has 0 aliphatic heterocycles. The zero-order valence-electron chi connectivity index (χ0n) is 11.8. The molecule has 1 saturated carbocycles. The summed E-state index contributed by atoms with van der Waals surface area (Å²) in [5.74, 6) is -0.232. The largest absolute Gasteiger partial charge is 0.462 e. The smallest absolute Gasteiger partial charge is 0.306 e. The third kappa shape index (κ3) is 4.80. The summed E-state index contributed by atoms with van der Waals surface area (Å²) in [4.78, 5) is 23.7.